The summed E-state index contributed by atoms with van der Waals surface area (Å²) >= 11 is 0. The highest BCUT2D eigenvalue weighted by Gasteiger charge is 2.25. The van der Waals surface area contributed by atoms with Gasteiger partial charge in [-0.1, -0.05) is 12.1 Å². The van der Waals surface area contributed by atoms with Gasteiger partial charge in [-0.3, -0.25) is 4.99 Å². The van der Waals surface area contributed by atoms with Crippen LogP contribution in [0.1, 0.15) is 24.8 Å². The zero-order valence-corrected chi connectivity index (χ0v) is 12.9. The van der Waals surface area contributed by atoms with E-state index in [1.54, 1.807) is 0 Å². The Morgan fingerprint density at radius 1 is 1.22 bits per heavy atom. The third kappa shape index (κ3) is 2.68. The fourth-order valence-corrected chi connectivity index (χ4v) is 3.41. The summed E-state index contributed by atoms with van der Waals surface area (Å²) in [6.45, 7) is 0.715. The Labute approximate surface area is 134 Å². The second kappa shape index (κ2) is 5.66. The molecule has 1 aromatic carbocycles. The van der Waals surface area contributed by atoms with Gasteiger partial charge in [-0.05, 0) is 42.5 Å². The summed E-state index contributed by atoms with van der Waals surface area (Å²) < 4.78 is 0. The van der Waals surface area contributed by atoms with Crippen molar-refractivity contribution < 1.29 is 5.11 Å². The van der Waals surface area contributed by atoms with Gasteiger partial charge < -0.3 is 16.2 Å². The molecule has 0 bridgehead atoms. The lowest BCUT2D eigenvalue weighted by Crippen LogP contribution is -2.28. The number of benzene rings is 1. The summed E-state index contributed by atoms with van der Waals surface area (Å²) in [5, 5.41) is 14.5. The third-order valence-electron chi connectivity index (χ3n) is 4.66. The van der Waals surface area contributed by atoms with Crippen molar-refractivity contribution in [2.24, 2.45) is 4.99 Å². The number of aromatic nitrogens is 1. The number of nitrogens with two attached hydrogens (primary N) is 1. The van der Waals surface area contributed by atoms with Crippen LogP contribution < -0.4 is 11.1 Å². The second-order valence-electron chi connectivity index (χ2n) is 6.26. The molecule has 1 aliphatic heterocycles. The fourth-order valence-electron chi connectivity index (χ4n) is 3.41. The second-order valence-corrected chi connectivity index (χ2v) is 6.26. The number of aliphatic hydroxyl groups is 1. The molecule has 1 saturated carbocycles. The molecule has 4 N–H and O–H groups in total. The van der Waals surface area contributed by atoms with Crippen molar-refractivity contribution in [1.82, 2.24) is 4.98 Å². The molecule has 1 aromatic heterocycles. The number of pyridine rings is 1. The van der Waals surface area contributed by atoms with Crippen molar-refractivity contribution in [3.8, 4) is 0 Å². The Bertz CT molecular complexity index is 812. The van der Waals surface area contributed by atoms with Gasteiger partial charge in [-0.2, -0.15) is 0 Å². The van der Waals surface area contributed by atoms with E-state index in [1.165, 1.54) is 5.57 Å². The molecule has 2 aliphatic rings. The third-order valence-corrected chi connectivity index (χ3v) is 4.66. The maximum absolute atomic E-state index is 10.0. The van der Waals surface area contributed by atoms with Crippen LogP contribution in [-0.2, 0) is 0 Å². The first-order valence-corrected chi connectivity index (χ1v) is 8.05. The lowest BCUT2D eigenvalue weighted by atomic mass is 10.0. The van der Waals surface area contributed by atoms with Gasteiger partial charge in [0.25, 0.3) is 0 Å². The molecule has 0 amide bonds. The minimum Gasteiger partial charge on any atom is -0.391 e. The van der Waals surface area contributed by atoms with E-state index in [9.17, 15) is 5.11 Å². The van der Waals surface area contributed by atoms with Crippen LogP contribution in [0, 0.1) is 0 Å². The van der Waals surface area contributed by atoms with Crippen molar-refractivity contribution in [3.05, 3.63) is 35.9 Å². The Morgan fingerprint density at radius 3 is 2.87 bits per heavy atom. The van der Waals surface area contributed by atoms with Gasteiger partial charge in [0.15, 0.2) is 0 Å². The Kier molecular flexibility index (Phi) is 3.50. The average molecular weight is 308 g/mol. The molecule has 5 nitrogen and oxygen atoms in total. The molecule has 2 atom stereocenters. The zero-order valence-electron chi connectivity index (χ0n) is 12.9. The lowest BCUT2D eigenvalue weighted by Gasteiger charge is -2.19. The summed E-state index contributed by atoms with van der Waals surface area (Å²) in [7, 11) is 0. The van der Waals surface area contributed by atoms with E-state index in [0.717, 1.165) is 41.4 Å². The maximum atomic E-state index is 10.0. The SMILES string of the molecule is Nc1cc(N[C@H]2CCC[C@H]2O)c2ccc(C3=CC=NC3)cc2n1. The van der Waals surface area contributed by atoms with Crippen molar-refractivity contribution in [2.45, 2.75) is 31.4 Å². The molecule has 2 heterocycles. The van der Waals surface area contributed by atoms with Gasteiger partial charge >= 0.3 is 0 Å². The fraction of sp³-hybridized carbons (Fsp3) is 0.333. The highest BCUT2D eigenvalue weighted by Crippen LogP contribution is 2.31. The van der Waals surface area contributed by atoms with Crippen molar-refractivity contribution >= 4 is 34.2 Å². The summed E-state index contributed by atoms with van der Waals surface area (Å²) in [5.74, 6) is 0.487. The normalized spacial score (nSPS) is 23.4. The number of allylic oxidation sites excluding steroid dienone is 1. The number of aliphatic hydroxyl groups excluding tert-OH is 1. The first-order valence-electron chi connectivity index (χ1n) is 8.05. The van der Waals surface area contributed by atoms with E-state index in [2.05, 4.69) is 33.5 Å². The lowest BCUT2D eigenvalue weighted by molar-refractivity contribution is 0.172. The van der Waals surface area contributed by atoms with E-state index in [0.29, 0.717) is 12.4 Å². The van der Waals surface area contributed by atoms with Crippen LogP contribution >= 0.6 is 0 Å². The van der Waals surface area contributed by atoms with Crippen molar-refractivity contribution in [1.29, 1.82) is 0 Å². The van der Waals surface area contributed by atoms with Gasteiger partial charge in [0.1, 0.15) is 5.82 Å². The molecule has 5 heteroatoms. The number of nitrogens with one attached hydrogen (secondary N) is 1. The monoisotopic (exact) mass is 308 g/mol. The van der Waals surface area contributed by atoms with Gasteiger partial charge in [-0.25, -0.2) is 4.98 Å². The van der Waals surface area contributed by atoms with Crippen molar-refractivity contribution in [3.63, 3.8) is 0 Å². The molecule has 0 unspecified atom stereocenters. The standard InChI is InChI=1S/C18H20N4O/c19-18-9-16(21-14-2-1-3-17(14)23)13-5-4-11(8-15(13)22-18)12-6-7-20-10-12/h4-9,14,17,23H,1-3,10H2,(H3,19,21,22)/t14-,17+/m0/s1. The van der Waals surface area contributed by atoms with Crippen LogP contribution in [0.5, 0.6) is 0 Å². The Hall–Kier alpha value is -2.40. The number of hydrogen-bond acceptors (Lipinski definition) is 5. The van der Waals surface area contributed by atoms with E-state index >= 15 is 0 Å². The van der Waals surface area contributed by atoms with Crippen LogP contribution in [-0.4, -0.2) is 35.0 Å². The molecule has 0 saturated heterocycles. The topological polar surface area (TPSA) is 83.5 Å². The minimum absolute atomic E-state index is 0.0885. The van der Waals surface area contributed by atoms with Crippen LogP contribution in [0.15, 0.2) is 35.3 Å². The Morgan fingerprint density at radius 2 is 2.13 bits per heavy atom. The number of nitrogen functional groups attached to an aromatic ring is 1. The zero-order chi connectivity index (χ0) is 15.8. The highest BCUT2D eigenvalue weighted by molar-refractivity contribution is 5.97. The average Bonchev–Trinajstić information content (AvgIpc) is 3.19. The summed E-state index contributed by atoms with van der Waals surface area (Å²) in [4.78, 5) is 8.70. The molecule has 118 valence electrons. The van der Waals surface area contributed by atoms with E-state index in [4.69, 9.17) is 5.73 Å². The minimum atomic E-state index is -0.292. The van der Waals surface area contributed by atoms with Crippen LogP contribution in [0.25, 0.3) is 16.5 Å². The van der Waals surface area contributed by atoms with Crippen LogP contribution in [0.4, 0.5) is 11.5 Å². The van der Waals surface area contributed by atoms with E-state index in [-0.39, 0.29) is 12.1 Å². The van der Waals surface area contributed by atoms with Gasteiger partial charge in [0.2, 0.25) is 0 Å². The quantitative estimate of drug-likeness (QED) is 0.814. The smallest absolute Gasteiger partial charge is 0.126 e. The summed E-state index contributed by atoms with van der Waals surface area (Å²) in [6, 6.07) is 8.16. The summed E-state index contributed by atoms with van der Waals surface area (Å²) in [6.07, 6.45) is 6.46. The predicted molar refractivity (Wildman–Crippen MR) is 94.8 cm³/mol. The molecule has 4 rings (SSSR count). The van der Waals surface area contributed by atoms with Crippen LogP contribution in [0.3, 0.4) is 0 Å². The number of aliphatic imine (C=N–C) groups is 1. The number of anilines is 2. The van der Waals surface area contributed by atoms with Gasteiger partial charge in [0.05, 0.1) is 24.2 Å². The van der Waals surface area contributed by atoms with Crippen LogP contribution in [0.2, 0.25) is 0 Å². The molecule has 23 heavy (non-hydrogen) atoms. The first-order chi connectivity index (χ1) is 11.2. The first kappa shape index (κ1) is 14.2. The Balaban J connectivity index is 1.73. The molecule has 1 fully saturated rings. The summed E-state index contributed by atoms with van der Waals surface area (Å²) in [5.41, 5.74) is 10.1. The molecule has 1 aliphatic carbocycles. The molecular weight excluding hydrogens is 288 g/mol. The van der Waals surface area contributed by atoms with E-state index < -0.39 is 0 Å². The van der Waals surface area contributed by atoms with Gasteiger partial charge in [0, 0.05) is 23.4 Å². The number of nitrogens with zero attached hydrogens (tertiary/aromatic N) is 2. The van der Waals surface area contributed by atoms with E-state index in [1.807, 2.05) is 18.4 Å². The number of fused-ring (bicyclic) bond motifs is 1. The number of hydrogen-bond donors (Lipinski definition) is 3. The van der Waals surface area contributed by atoms with Crippen molar-refractivity contribution in [2.75, 3.05) is 17.6 Å². The molecule has 0 spiro atoms. The number of rotatable bonds is 3. The molecular formula is C18H20N4O. The molecule has 2 aromatic rings. The molecule has 0 radical (unpaired) electrons. The predicted octanol–water partition coefficient (Wildman–Crippen LogP) is 2.61. The maximum Gasteiger partial charge on any atom is 0.126 e. The van der Waals surface area contributed by atoms with Gasteiger partial charge in [-0.15, -0.1) is 0 Å². The largest absolute Gasteiger partial charge is 0.391 e. The highest BCUT2D eigenvalue weighted by atomic mass is 16.3.